The average molecular weight is 534 g/mol. The van der Waals surface area contributed by atoms with Gasteiger partial charge in [0.2, 0.25) is 0 Å². The number of nitrogens with one attached hydrogen (secondary N) is 1. The molecular weight excluding hydrogens is 486 g/mol. The zero-order chi connectivity index (χ0) is 27.4. The minimum atomic E-state index is -1.53. The average Bonchev–Trinajstić information content (AvgIpc) is 3.35. The highest BCUT2D eigenvalue weighted by Crippen LogP contribution is 2.68. The predicted molar refractivity (Wildman–Crippen MR) is 140 cm³/mol. The molecular formula is C30H47NO7. The fourth-order valence-electron chi connectivity index (χ4n) is 10.4. The SMILES string of the molecule is CC1C2CCNC(O)C2OC1C(O)C(C)(O)C1CCC2(O)C3=CC(=O)C4CC(O)CCC4(C)C3CCC12C. The number of allylic oxidation sites excluding steroid dienone is 1. The molecule has 0 amide bonds. The molecule has 14 atom stereocenters. The van der Waals surface area contributed by atoms with Gasteiger partial charge in [0, 0.05) is 11.3 Å². The van der Waals surface area contributed by atoms with E-state index in [9.17, 15) is 30.3 Å². The van der Waals surface area contributed by atoms with Gasteiger partial charge in [-0.1, -0.05) is 20.8 Å². The van der Waals surface area contributed by atoms with Gasteiger partial charge in [0.05, 0.1) is 23.4 Å². The number of ether oxygens (including phenoxy) is 1. The van der Waals surface area contributed by atoms with Crippen molar-refractivity contribution < 1.29 is 35.1 Å². The zero-order valence-electron chi connectivity index (χ0n) is 23.3. The van der Waals surface area contributed by atoms with Crippen LogP contribution in [0.15, 0.2) is 11.6 Å². The molecule has 14 unspecified atom stereocenters. The van der Waals surface area contributed by atoms with Crippen LogP contribution in [0.4, 0.5) is 0 Å². The molecule has 0 radical (unpaired) electrons. The number of ketones is 1. The molecule has 0 aromatic rings. The van der Waals surface area contributed by atoms with Gasteiger partial charge in [0.15, 0.2) is 5.78 Å². The predicted octanol–water partition coefficient (Wildman–Crippen LogP) is 1.66. The highest BCUT2D eigenvalue weighted by Gasteiger charge is 2.69. The first kappa shape index (κ1) is 27.3. The topological polar surface area (TPSA) is 139 Å². The van der Waals surface area contributed by atoms with E-state index in [-0.39, 0.29) is 34.9 Å². The first-order valence-electron chi connectivity index (χ1n) is 14.9. The fraction of sp³-hybridized carbons (Fsp3) is 0.900. The van der Waals surface area contributed by atoms with E-state index in [1.807, 2.05) is 13.8 Å². The highest BCUT2D eigenvalue weighted by molar-refractivity contribution is 5.95. The Kier molecular flexibility index (Phi) is 6.33. The molecule has 6 rings (SSSR count). The Labute approximate surface area is 225 Å². The molecule has 3 saturated carbocycles. The summed E-state index contributed by atoms with van der Waals surface area (Å²) in [5.41, 5.74) is -2.95. The molecule has 4 aliphatic carbocycles. The molecule has 0 aromatic carbocycles. The summed E-state index contributed by atoms with van der Waals surface area (Å²) in [6.45, 7) is 8.59. The molecule has 0 bridgehead atoms. The largest absolute Gasteiger partial charge is 0.393 e. The first-order chi connectivity index (χ1) is 17.8. The van der Waals surface area contributed by atoms with Crippen molar-refractivity contribution in [3.05, 3.63) is 11.6 Å². The summed E-state index contributed by atoms with van der Waals surface area (Å²) in [4.78, 5) is 13.4. The van der Waals surface area contributed by atoms with Gasteiger partial charge in [-0.25, -0.2) is 0 Å². The van der Waals surface area contributed by atoms with Gasteiger partial charge in [0.1, 0.15) is 18.4 Å². The number of aliphatic hydroxyl groups is 5. The molecule has 214 valence electrons. The van der Waals surface area contributed by atoms with Crippen LogP contribution >= 0.6 is 0 Å². The molecule has 2 heterocycles. The van der Waals surface area contributed by atoms with E-state index in [2.05, 4.69) is 12.2 Å². The summed E-state index contributed by atoms with van der Waals surface area (Å²) >= 11 is 0. The Hall–Kier alpha value is -0.870. The fourth-order valence-corrected chi connectivity index (χ4v) is 10.4. The van der Waals surface area contributed by atoms with Crippen LogP contribution in [0.5, 0.6) is 0 Å². The molecule has 2 aliphatic heterocycles. The van der Waals surface area contributed by atoms with Crippen molar-refractivity contribution in [2.24, 2.45) is 40.4 Å². The summed E-state index contributed by atoms with van der Waals surface area (Å²) < 4.78 is 6.21. The summed E-state index contributed by atoms with van der Waals surface area (Å²) in [6.07, 6.45) is 3.47. The molecule has 5 fully saturated rings. The summed E-state index contributed by atoms with van der Waals surface area (Å²) in [6, 6.07) is 0. The first-order valence-corrected chi connectivity index (χ1v) is 14.9. The van der Waals surface area contributed by atoms with Crippen molar-refractivity contribution in [1.29, 1.82) is 0 Å². The standard InChI is InChI=1S/C30H47NO7/c1-15-17-8-12-31-26(35)24(17)38-23(15)25(34)29(4,36)22-7-11-30(37)19-14-21(33)20-13-16(32)5-9-27(20,2)18(19)6-10-28(22,30)3/h14-18,20,22-26,31-32,34-37H,5-13H2,1-4H3. The zero-order valence-corrected chi connectivity index (χ0v) is 23.3. The number of rotatable bonds is 3. The van der Waals surface area contributed by atoms with E-state index < -0.39 is 53.2 Å². The number of piperidine rings is 1. The van der Waals surface area contributed by atoms with Crippen molar-refractivity contribution in [3.63, 3.8) is 0 Å². The Bertz CT molecular complexity index is 1010. The lowest BCUT2D eigenvalue weighted by Gasteiger charge is -2.60. The van der Waals surface area contributed by atoms with E-state index in [0.717, 1.165) is 24.8 Å². The molecule has 0 aromatic heterocycles. The van der Waals surface area contributed by atoms with Gasteiger partial charge in [0.25, 0.3) is 0 Å². The molecule has 38 heavy (non-hydrogen) atoms. The summed E-state index contributed by atoms with van der Waals surface area (Å²) in [5, 5.41) is 59.9. The lowest BCUT2D eigenvalue weighted by atomic mass is 9.46. The van der Waals surface area contributed by atoms with Crippen LogP contribution in [0.3, 0.4) is 0 Å². The van der Waals surface area contributed by atoms with Gasteiger partial charge < -0.3 is 30.3 Å². The number of carbonyl (C=O) groups is 1. The third kappa shape index (κ3) is 3.50. The van der Waals surface area contributed by atoms with E-state index in [4.69, 9.17) is 4.74 Å². The second kappa shape index (κ2) is 8.81. The third-order valence-corrected chi connectivity index (χ3v) is 12.8. The van der Waals surface area contributed by atoms with Crippen LogP contribution in [-0.2, 0) is 9.53 Å². The maximum atomic E-state index is 13.4. The second-order valence-corrected chi connectivity index (χ2v) is 14.4. The van der Waals surface area contributed by atoms with Crippen molar-refractivity contribution in [2.45, 2.75) is 121 Å². The van der Waals surface area contributed by atoms with Crippen LogP contribution < -0.4 is 5.32 Å². The van der Waals surface area contributed by atoms with E-state index in [0.29, 0.717) is 38.6 Å². The van der Waals surface area contributed by atoms with Crippen LogP contribution in [0.25, 0.3) is 0 Å². The van der Waals surface area contributed by atoms with Gasteiger partial charge >= 0.3 is 0 Å². The number of fused-ring (bicyclic) bond motifs is 6. The van der Waals surface area contributed by atoms with Gasteiger partial charge in [-0.05, 0) is 106 Å². The number of hydrogen-bond acceptors (Lipinski definition) is 8. The summed E-state index contributed by atoms with van der Waals surface area (Å²) in [5.74, 6) is -0.460. The monoisotopic (exact) mass is 533 g/mol. The lowest BCUT2D eigenvalue weighted by molar-refractivity contribution is -0.201. The number of carbonyl (C=O) groups excluding carboxylic acids is 1. The minimum Gasteiger partial charge on any atom is -0.393 e. The quantitative estimate of drug-likeness (QED) is 0.322. The van der Waals surface area contributed by atoms with Crippen molar-refractivity contribution in [3.8, 4) is 0 Å². The van der Waals surface area contributed by atoms with E-state index in [1.54, 1.807) is 13.0 Å². The van der Waals surface area contributed by atoms with Crippen molar-refractivity contribution in [2.75, 3.05) is 6.54 Å². The van der Waals surface area contributed by atoms with Gasteiger partial charge in [-0.2, -0.15) is 0 Å². The maximum absolute atomic E-state index is 13.4. The lowest BCUT2D eigenvalue weighted by Crippen LogP contribution is -2.63. The normalized spacial score (nSPS) is 54.7. The van der Waals surface area contributed by atoms with Crippen molar-refractivity contribution >= 4 is 5.78 Å². The smallest absolute Gasteiger partial charge is 0.159 e. The molecule has 6 aliphatic rings. The summed E-state index contributed by atoms with van der Waals surface area (Å²) in [7, 11) is 0. The third-order valence-electron chi connectivity index (χ3n) is 12.8. The van der Waals surface area contributed by atoms with Crippen LogP contribution in [-0.4, -0.2) is 79.7 Å². The van der Waals surface area contributed by atoms with Crippen LogP contribution in [0.2, 0.25) is 0 Å². The minimum absolute atomic E-state index is 0.00775. The van der Waals surface area contributed by atoms with Gasteiger partial charge in [-0.15, -0.1) is 0 Å². The Morgan fingerprint density at radius 2 is 1.84 bits per heavy atom. The van der Waals surface area contributed by atoms with E-state index in [1.165, 1.54) is 0 Å². The van der Waals surface area contributed by atoms with Crippen LogP contribution in [0.1, 0.15) is 79.1 Å². The van der Waals surface area contributed by atoms with Crippen molar-refractivity contribution in [1.82, 2.24) is 5.32 Å². The van der Waals surface area contributed by atoms with Crippen LogP contribution in [0, 0.1) is 40.4 Å². The maximum Gasteiger partial charge on any atom is 0.159 e. The Morgan fingerprint density at radius 1 is 1.11 bits per heavy atom. The van der Waals surface area contributed by atoms with Gasteiger partial charge in [-0.3, -0.25) is 10.1 Å². The molecule has 0 spiro atoms. The number of aliphatic hydroxyl groups excluding tert-OH is 3. The Morgan fingerprint density at radius 3 is 2.55 bits per heavy atom. The number of hydrogen-bond donors (Lipinski definition) is 6. The van der Waals surface area contributed by atoms with E-state index >= 15 is 0 Å². The highest BCUT2D eigenvalue weighted by atomic mass is 16.5. The second-order valence-electron chi connectivity index (χ2n) is 14.4. The molecule has 2 saturated heterocycles. The molecule has 6 N–H and O–H groups in total. The Balaban J connectivity index is 1.30. The molecule has 8 nitrogen and oxygen atoms in total. The molecule has 8 heteroatoms.